The lowest BCUT2D eigenvalue weighted by molar-refractivity contribution is -0.284. The highest BCUT2D eigenvalue weighted by atomic mass is 16.6. The summed E-state index contributed by atoms with van der Waals surface area (Å²) in [7, 11) is 0. The van der Waals surface area contributed by atoms with Crippen molar-refractivity contribution in [1.82, 2.24) is 4.98 Å². The Hall–Kier alpha value is -2.22. The van der Waals surface area contributed by atoms with E-state index in [1.165, 1.54) is 22.2 Å². The van der Waals surface area contributed by atoms with Crippen molar-refractivity contribution in [3.8, 4) is 0 Å². The number of Topliss-reactive ketones (excluding diaryl/α,β-unsaturated/α-hetero) is 1. The molecular weight excluding hydrogens is 602 g/mol. The maximum Gasteiger partial charge on any atom is 0.305 e. The van der Waals surface area contributed by atoms with Gasteiger partial charge < -0.3 is 24.3 Å². The van der Waals surface area contributed by atoms with Crippen LogP contribution in [0, 0.1) is 34.5 Å². The molecule has 2 aliphatic heterocycles. The lowest BCUT2D eigenvalue weighted by atomic mass is 9.39. The summed E-state index contributed by atoms with van der Waals surface area (Å²) in [4.78, 5) is 31.2. The monoisotopic (exact) mass is 659 g/mol. The van der Waals surface area contributed by atoms with Crippen molar-refractivity contribution in [2.75, 3.05) is 0 Å². The number of ether oxygens (including phenoxy) is 3. The number of aliphatic hydroxyl groups is 1. The summed E-state index contributed by atoms with van der Waals surface area (Å²) >= 11 is 0. The molecule has 1 aromatic carbocycles. The van der Waals surface area contributed by atoms with Gasteiger partial charge in [-0.2, -0.15) is 0 Å². The second-order valence-corrected chi connectivity index (χ2v) is 18.8. The summed E-state index contributed by atoms with van der Waals surface area (Å²) in [5.74, 6) is 0.828. The van der Waals surface area contributed by atoms with Gasteiger partial charge in [0, 0.05) is 51.7 Å². The van der Waals surface area contributed by atoms with E-state index < -0.39 is 11.2 Å². The third-order valence-electron chi connectivity index (χ3n) is 15.4. The summed E-state index contributed by atoms with van der Waals surface area (Å²) in [5.41, 5.74) is 3.59. The Balaban J connectivity index is 1.23. The zero-order valence-electron chi connectivity index (χ0n) is 30.8. The van der Waals surface area contributed by atoms with Gasteiger partial charge >= 0.3 is 5.97 Å². The Bertz CT molecular complexity index is 1710. The molecule has 2 N–H and O–H groups in total. The van der Waals surface area contributed by atoms with E-state index in [1.54, 1.807) is 0 Å². The van der Waals surface area contributed by atoms with Gasteiger partial charge in [0.1, 0.15) is 6.10 Å². The molecule has 48 heavy (non-hydrogen) atoms. The number of hydrogen-bond acceptors (Lipinski definition) is 6. The Morgan fingerprint density at radius 3 is 2.44 bits per heavy atom. The molecule has 7 heteroatoms. The van der Waals surface area contributed by atoms with Gasteiger partial charge in [-0.1, -0.05) is 27.7 Å². The number of carbonyl (C=O) groups is 2. The second kappa shape index (κ2) is 9.97. The standard InChI is InChI=1S/C41H57NO6/c1-11-31(43)47-30-20-29(36(2,3)45)46-28-16-17-39(8)27(40(28,30)9)15-12-21-18-24-32-23-19-25-33(38(6,7)48-37(25,4)5)34(44)22(23)13-14-26(32)42-35(24)41(21,39)10/h13-14,21,25,27-30,33,42,45H,11-12,15-20H2,1-10H3. The minimum atomic E-state index is -1.02. The number of nitrogens with one attached hydrogen (secondary N) is 1. The number of H-pyrrole nitrogens is 1. The zero-order valence-corrected chi connectivity index (χ0v) is 30.8. The molecule has 10 atom stereocenters. The number of rotatable bonds is 3. The number of fused-ring (bicyclic) bond motifs is 12. The van der Waals surface area contributed by atoms with Gasteiger partial charge in [-0.3, -0.25) is 9.59 Å². The molecule has 8 rings (SSSR count). The van der Waals surface area contributed by atoms with Crippen molar-refractivity contribution in [3.63, 3.8) is 0 Å². The molecule has 0 bridgehead atoms. The van der Waals surface area contributed by atoms with Crippen LogP contribution in [0.5, 0.6) is 0 Å². The summed E-state index contributed by atoms with van der Waals surface area (Å²) in [5, 5.41) is 12.3. The van der Waals surface area contributed by atoms with E-state index in [0.717, 1.165) is 49.6 Å². The van der Waals surface area contributed by atoms with Crippen LogP contribution in [0.4, 0.5) is 0 Å². The maximum absolute atomic E-state index is 14.2. The topological polar surface area (TPSA) is 97.9 Å². The van der Waals surface area contributed by atoms with Crippen LogP contribution in [0.1, 0.15) is 135 Å². The summed E-state index contributed by atoms with van der Waals surface area (Å²) in [6.45, 7) is 21.3. The van der Waals surface area contributed by atoms with Crippen LogP contribution in [-0.2, 0) is 37.3 Å². The Labute approximate surface area is 286 Å². The molecule has 10 unspecified atom stereocenters. The number of carbonyl (C=O) groups excluding carboxylic acids is 2. The van der Waals surface area contributed by atoms with Crippen molar-refractivity contribution >= 4 is 22.7 Å². The van der Waals surface area contributed by atoms with E-state index in [0.29, 0.717) is 18.8 Å². The fourth-order valence-electron chi connectivity index (χ4n) is 12.9. The first-order chi connectivity index (χ1) is 22.3. The Morgan fingerprint density at radius 1 is 1.02 bits per heavy atom. The first-order valence-electron chi connectivity index (χ1n) is 18.8. The molecule has 1 aromatic heterocycles. The molecule has 2 aromatic rings. The van der Waals surface area contributed by atoms with Gasteiger partial charge in [0.15, 0.2) is 5.78 Å². The van der Waals surface area contributed by atoms with Crippen molar-refractivity contribution in [1.29, 1.82) is 0 Å². The molecule has 7 nitrogen and oxygen atoms in total. The van der Waals surface area contributed by atoms with Crippen molar-refractivity contribution < 1.29 is 28.9 Å². The van der Waals surface area contributed by atoms with Crippen LogP contribution >= 0.6 is 0 Å². The predicted octanol–water partition coefficient (Wildman–Crippen LogP) is 7.62. The van der Waals surface area contributed by atoms with Gasteiger partial charge in [0.05, 0.1) is 34.9 Å². The highest BCUT2D eigenvalue weighted by molar-refractivity contribution is 6.06. The number of hydrogen-bond donors (Lipinski definition) is 2. The van der Waals surface area contributed by atoms with Gasteiger partial charge in [-0.15, -0.1) is 0 Å². The van der Waals surface area contributed by atoms with Crippen LogP contribution in [0.2, 0.25) is 0 Å². The number of ketones is 1. The summed E-state index contributed by atoms with van der Waals surface area (Å²) in [6.07, 6.45) is 5.95. The maximum atomic E-state index is 14.2. The van der Waals surface area contributed by atoms with E-state index >= 15 is 0 Å². The van der Waals surface area contributed by atoms with Crippen LogP contribution < -0.4 is 0 Å². The lowest BCUT2D eigenvalue weighted by Gasteiger charge is -2.68. The molecular formula is C41H57NO6. The highest BCUT2D eigenvalue weighted by Gasteiger charge is 2.70. The lowest BCUT2D eigenvalue weighted by Crippen LogP contribution is -2.69. The van der Waals surface area contributed by atoms with Crippen LogP contribution in [0.3, 0.4) is 0 Å². The normalized spacial score (nSPS) is 42.3. The van der Waals surface area contributed by atoms with Crippen molar-refractivity contribution in [3.05, 3.63) is 34.5 Å². The number of esters is 1. The second-order valence-electron chi connectivity index (χ2n) is 18.8. The first kappa shape index (κ1) is 33.0. The fraction of sp³-hybridized carbons (Fsp3) is 0.756. The molecule has 0 amide bonds. The molecule has 0 radical (unpaired) electrons. The molecule has 3 heterocycles. The Kier molecular flexibility index (Phi) is 6.85. The molecule has 6 aliphatic rings. The average molecular weight is 660 g/mol. The number of aromatic nitrogens is 1. The number of aromatic amines is 1. The van der Waals surface area contributed by atoms with Crippen LogP contribution in [0.25, 0.3) is 10.9 Å². The van der Waals surface area contributed by atoms with E-state index in [2.05, 4.69) is 65.6 Å². The van der Waals surface area contributed by atoms with Crippen LogP contribution in [0.15, 0.2) is 12.1 Å². The quantitative estimate of drug-likeness (QED) is 0.329. The van der Waals surface area contributed by atoms with Gasteiger partial charge in [-0.25, -0.2) is 0 Å². The minimum absolute atomic E-state index is 0.0681. The summed E-state index contributed by atoms with van der Waals surface area (Å²) in [6, 6.07) is 4.23. The first-order valence-corrected chi connectivity index (χ1v) is 18.8. The van der Waals surface area contributed by atoms with Gasteiger partial charge in [0.2, 0.25) is 0 Å². The fourth-order valence-corrected chi connectivity index (χ4v) is 12.9. The SMILES string of the molecule is CCC(=O)OC1CC(C(C)(C)O)OC2CCC3(C)C(CCC4Cc5c([nH]c6ccc7c(c56)CC5C(C7=O)C(C)(C)OC5(C)C)C43C)C12C. The number of benzene rings is 1. The molecule has 262 valence electrons. The predicted molar refractivity (Wildman–Crippen MR) is 185 cm³/mol. The van der Waals surface area contributed by atoms with Gasteiger partial charge in [-0.05, 0) is 121 Å². The molecule has 2 saturated carbocycles. The average Bonchev–Trinajstić information content (AvgIpc) is 3.56. The highest BCUT2D eigenvalue weighted by Crippen LogP contribution is 2.72. The zero-order chi connectivity index (χ0) is 34.6. The van der Waals surface area contributed by atoms with Gasteiger partial charge in [0.25, 0.3) is 0 Å². The third-order valence-corrected chi connectivity index (χ3v) is 15.4. The molecule has 2 saturated heterocycles. The Morgan fingerprint density at radius 2 is 1.75 bits per heavy atom. The van der Waals surface area contributed by atoms with E-state index in [9.17, 15) is 14.7 Å². The van der Waals surface area contributed by atoms with E-state index in [4.69, 9.17) is 14.2 Å². The van der Waals surface area contributed by atoms with Crippen molar-refractivity contribution in [2.45, 2.75) is 161 Å². The smallest absolute Gasteiger partial charge is 0.305 e. The largest absolute Gasteiger partial charge is 0.462 e. The minimum Gasteiger partial charge on any atom is -0.462 e. The van der Waals surface area contributed by atoms with E-state index in [1.807, 2.05) is 20.8 Å². The molecule has 4 aliphatic carbocycles. The van der Waals surface area contributed by atoms with E-state index in [-0.39, 0.29) is 69.7 Å². The molecule has 4 fully saturated rings. The summed E-state index contributed by atoms with van der Waals surface area (Å²) < 4.78 is 19.7. The third kappa shape index (κ3) is 4.04. The van der Waals surface area contributed by atoms with Crippen LogP contribution in [-0.4, -0.2) is 57.0 Å². The van der Waals surface area contributed by atoms with Crippen molar-refractivity contribution in [2.24, 2.45) is 34.5 Å². The molecule has 0 spiro atoms.